The first kappa shape index (κ1) is 17.7. The van der Waals surface area contributed by atoms with Gasteiger partial charge in [0.2, 0.25) is 0 Å². The molecular formula is C18H28FN3O. The third-order valence-electron chi connectivity index (χ3n) is 4.14. The highest BCUT2D eigenvalue weighted by Crippen LogP contribution is 2.49. The van der Waals surface area contributed by atoms with Crippen molar-refractivity contribution in [2.75, 3.05) is 32.8 Å². The van der Waals surface area contributed by atoms with E-state index < -0.39 is 0 Å². The van der Waals surface area contributed by atoms with Gasteiger partial charge in [0.25, 0.3) is 0 Å². The monoisotopic (exact) mass is 321 g/mol. The van der Waals surface area contributed by atoms with Gasteiger partial charge >= 0.3 is 0 Å². The number of benzene rings is 1. The van der Waals surface area contributed by atoms with E-state index in [4.69, 9.17) is 4.74 Å². The average molecular weight is 321 g/mol. The largest absolute Gasteiger partial charge is 0.382 e. The number of guanidine groups is 1. The molecule has 1 aliphatic carbocycles. The van der Waals surface area contributed by atoms with Crippen molar-refractivity contribution in [2.24, 2.45) is 4.99 Å². The van der Waals surface area contributed by atoms with Crippen LogP contribution in [0.4, 0.5) is 4.39 Å². The van der Waals surface area contributed by atoms with Crippen LogP contribution in [0.3, 0.4) is 0 Å². The van der Waals surface area contributed by atoms with Crippen LogP contribution in [0.5, 0.6) is 0 Å². The first-order valence-electron chi connectivity index (χ1n) is 8.57. The van der Waals surface area contributed by atoms with E-state index in [9.17, 15) is 4.39 Å². The van der Waals surface area contributed by atoms with E-state index in [0.717, 1.165) is 57.1 Å². The fraction of sp³-hybridized carbons (Fsp3) is 0.611. The molecule has 0 radical (unpaired) electrons. The molecule has 0 heterocycles. The Labute approximate surface area is 138 Å². The molecule has 4 nitrogen and oxygen atoms in total. The molecule has 0 atom stereocenters. The van der Waals surface area contributed by atoms with Gasteiger partial charge in [0, 0.05) is 31.7 Å². The molecule has 1 fully saturated rings. The summed E-state index contributed by atoms with van der Waals surface area (Å²) in [5, 5.41) is 6.56. The maximum Gasteiger partial charge on any atom is 0.191 e. The van der Waals surface area contributed by atoms with E-state index in [1.54, 1.807) is 6.07 Å². The van der Waals surface area contributed by atoms with Gasteiger partial charge in [-0.05, 0) is 44.7 Å². The van der Waals surface area contributed by atoms with Crippen molar-refractivity contribution in [3.8, 4) is 0 Å². The first-order chi connectivity index (χ1) is 11.2. The van der Waals surface area contributed by atoms with Crippen molar-refractivity contribution in [2.45, 2.75) is 38.5 Å². The Morgan fingerprint density at radius 2 is 2.04 bits per heavy atom. The molecule has 0 saturated heterocycles. The van der Waals surface area contributed by atoms with Gasteiger partial charge in [-0.15, -0.1) is 0 Å². The van der Waals surface area contributed by atoms with Crippen LogP contribution in [0.1, 0.15) is 38.7 Å². The van der Waals surface area contributed by atoms with Gasteiger partial charge in [0.1, 0.15) is 5.82 Å². The molecule has 1 aliphatic rings. The van der Waals surface area contributed by atoms with Crippen LogP contribution >= 0.6 is 0 Å². The van der Waals surface area contributed by atoms with Crippen molar-refractivity contribution in [1.29, 1.82) is 0 Å². The van der Waals surface area contributed by atoms with Crippen LogP contribution in [0, 0.1) is 5.82 Å². The van der Waals surface area contributed by atoms with E-state index >= 15 is 0 Å². The summed E-state index contributed by atoms with van der Waals surface area (Å²) in [6.07, 6.45) is 2.94. The van der Waals surface area contributed by atoms with Crippen LogP contribution in [0.25, 0.3) is 0 Å². The van der Waals surface area contributed by atoms with E-state index in [0.29, 0.717) is 6.54 Å². The smallest absolute Gasteiger partial charge is 0.191 e. The topological polar surface area (TPSA) is 45.7 Å². The van der Waals surface area contributed by atoms with E-state index in [2.05, 4.69) is 15.6 Å². The molecule has 5 heteroatoms. The highest BCUT2D eigenvalue weighted by molar-refractivity contribution is 5.79. The Morgan fingerprint density at radius 3 is 2.70 bits per heavy atom. The van der Waals surface area contributed by atoms with Gasteiger partial charge in [-0.1, -0.05) is 18.2 Å². The Bertz CT molecular complexity index is 515. The molecule has 0 aromatic heterocycles. The predicted octanol–water partition coefficient (Wildman–Crippen LogP) is 2.84. The summed E-state index contributed by atoms with van der Waals surface area (Å²) >= 11 is 0. The van der Waals surface area contributed by atoms with Gasteiger partial charge in [0.15, 0.2) is 5.96 Å². The number of aliphatic imine (C=N–C) groups is 1. The van der Waals surface area contributed by atoms with E-state index in [-0.39, 0.29) is 11.2 Å². The lowest BCUT2D eigenvalue weighted by atomic mass is 9.95. The Balaban J connectivity index is 1.91. The summed E-state index contributed by atoms with van der Waals surface area (Å²) in [4.78, 5) is 4.67. The molecule has 128 valence electrons. The Hall–Kier alpha value is -1.62. The molecule has 0 bridgehead atoms. The van der Waals surface area contributed by atoms with E-state index in [1.807, 2.05) is 26.0 Å². The molecule has 0 spiro atoms. The molecule has 2 rings (SSSR count). The molecule has 0 aliphatic heterocycles. The average Bonchev–Trinajstić information content (AvgIpc) is 3.34. The summed E-state index contributed by atoms with van der Waals surface area (Å²) in [5.41, 5.74) is 0.690. The van der Waals surface area contributed by atoms with Crippen molar-refractivity contribution in [1.82, 2.24) is 10.6 Å². The van der Waals surface area contributed by atoms with E-state index in [1.165, 1.54) is 6.07 Å². The molecule has 0 unspecified atom stereocenters. The van der Waals surface area contributed by atoms with Crippen LogP contribution in [0.15, 0.2) is 29.3 Å². The lowest BCUT2D eigenvalue weighted by molar-refractivity contribution is 0.145. The third kappa shape index (κ3) is 5.20. The summed E-state index contributed by atoms with van der Waals surface area (Å²) in [6.45, 7) is 7.79. The number of hydrogen-bond donors (Lipinski definition) is 2. The maximum absolute atomic E-state index is 14.0. The maximum atomic E-state index is 14.0. The molecule has 1 saturated carbocycles. The molecule has 23 heavy (non-hydrogen) atoms. The minimum atomic E-state index is -0.116. The van der Waals surface area contributed by atoms with Crippen LogP contribution in [0.2, 0.25) is 0 Å². The van der Waals surface area contributed by atoms with Gasteiger partial charge in [0.05, 0.1) is 6.54 Å². The van der Waals surface area contributed by atoms with Crippen molar-refractivity contribution in [3.05, 3.63) is 35.6 Å². The number of nitrogens with zero attached hydrogens (tertiary/aromatic N) is 1. The number of nitrogens with one attached hydrogen (secondary N) is 2. The second-order valence-corrected chi connectivity index (χ2v) is 5.93. The molecule has 0 amide bonds. The Kier molecular flexibility index (Phi) is 6.84. The fourth-order valence-corrected chi connectivity index (χ4v) is 2.65. The van der Waals surface area contributed by atoms with Gasteiger partial charge in [-0.25, -0.2) is 4.39 Å². The van der Waals surface area contributed by atoms with Crippen molar-refractivity contribution >= 4 is 5.96 Å². The molecule has 1 aromatic carbocycles. The number of halogens is 1. The zero-order valence-electron chi connectivity index (χ0n) is 14.2. The van der Waals surface area contributed by atoms with Crippen LogP contribution in [-0.4, -0.2) is 38.8 Å². The molecular weight excluding hydrogens is 293 g/mol. The number of hydrogen-bond acceptors (Lipinski definition) is 2. The highest BCUT2D eigenvalue weighted by Gasteiger charge is 2.45. The standard InChI is InChI=1S/C18H28FN3O/c1-3-20-17(21-12-7-13-23-4-2)22-14-18(10-11-18)15-8-5-6-9-16(15)19/h5-6,8-9H,3-4,7,10-14H2,1-2H3,(H2,20,21,22). The SMILES string of the molecule is CCNC(=NCC1(c2ccccc2F)CC1)NCCCOCC. The quantitative estimate of drug-likeness (QED) is 0.418. The third-order valence-corrected chi connectivity index (χ3v) is 4.14. The first-order valence-corrected chi connectivity index (χ1v) is 8.57. The Morgan fingerprint density at radius 1 is 1.26 bits per heavy atom. The molecule has 1 aromatic rings. The number of ether oxygens (including phenoxy) is 1. The lowest BCUT2D eigenvalue weighted by Gasteiger charge is -2.16. The normalized spacial score (nSPS) is 16.2. The van der Waals surface area contributed by atoms with Crippen molar-refractivity contribution < 1.29 is 9.13 Å². The lowest BCUT2D eigenvalue weighted by Crippen LogP contribution is -2.38. The summed E-state index contributed by atoms with van der Waals surface area (Å²) < 4.78 is 19.4. The fourth-order valence-electron chi connectivity index (χ4n) is 2.65. The predicted molar refractivity (Wildman–Crippen MR) is 92.4 cm³/mol. The minimum Gasteiger partial charge on any atom is -0.382 e. The van der Waals surface area contributed by atoms with Gasteiger partial charge in [-0.2, -0.15) is 0 Å². The summed E-state index contributed by atoms with van der Waals surface area (Å²) in [5.74, 6) is 0.682. The molecule has 2 N–H and O–H groups in total. The highest BCUT2D eigenvalue weighted by atomic mass is 19.1. The van der Waals surface area contributed by atoms with Crippen LogP contribution < -0.4 is 10.6 Å². The summed E-state index contributed by atoms with van der Waals surface area (Å²) in [7, 11) is 0. The number of rotatable bonds is 9. The second kappa shape index (κ2) is 8.87. The summed E-state index contributed by atoms with van der Waals surface area (Å²) in [6, 6.07) is 7.07. The van der Waals surface area contributed by atoms with Gasteiger partial charge < -0.3 is 15.4 Å². The van der Waals surface area contributed by atoms with Crippen LogP contribution in [-0.2, 0) is 10.2 Å². The zero-order chi connectivity index (χ0) is 16.5. The zero-order valence-corrected chi connectivity index (χ0v) is 14.2. The second-order valence-electron chi connectivity index (χ2n) is 5.93. The van der Waals surface area contributed by atoms with Gasteiger partial charge in [-0.3, -0.25) is 4.99 Å². The minimum absolute atomic E-state index is 0.112. The van der Waals surface area contributed by atoms with Crippen molar-refractivity contribution in [3.63, 3.8) is 0 Å².